The number of benzene rings is 1. The summed E-state index contributed by atoms with van der Waals surface area (Å²) in [4.78, 5) is 4.09. The fraction of sp³-hybridized carbons (Fsp3) is 0.0769. The Morgan fingerprint density at radius 3 is 2.69 bits per heavy atom. The molecule has 0 aliphatic heterocycles. The molecule has 0 N–H and O–H groups in total. The number of hydrogen-bond acceptors (Lipinski definition) is 2. The highest BCUT2D eigenvalue weighted by Gasteiger charge is 2.09. The van der Waals surface area contributed by atoms with E-state index < -0.39 is 0 Å². The van der Waals surface area contributed by atoms with Gasteiger partial charge in [-0.15, -0.1) is 0 Å². The van der Waals surface area contributed by atoms with Crippen LogP contribution in [0.25, 0.3) is 11.1 Å². The molecule has 2 nitrogen and oxygen atoms in total. The smallest absolute Gasteiger partial charge is 0.131 e. The van der Waals surface area contributed by atoms with Crippen LogP contribution in [0.15, 0.2) is 36.5 Å². The second kappa shape index (κ2) is 4.11. The van der Waals surface area contributed by atoms with E-state index in [0.717, 1.165) is 5.69 Å². The SMILES string of the molecule is Cc1cc(C#N)c(-c2ccccc2F)cn1. The van der Waals surface area contributed by atoms with Crippen LogP contribution in [0, 0.1) is 24.1 Å². The van der Waals surface area contributed by atoms with Crippen LogP contribution in [0.1, 0.15) is 11.3 Å². The molecule has 3 heteroatoms. The normalized spacial score (nSPS) is 9.81. The predicted octanol–water partition coefficient (Wildman–Crippen LogP) is 3.07. The van der Waals surface area contributed by atoms with Crippen LogP contribution in [0.2, 0.25) is 0 Å². The molecule has 2 aromatic rings. The second-order valence-corrected chi connectivity index (χ2v) is 3.46. The van der Waals surface area contributed by atoms with Gasteiger partial charge in [-0.2, -0.15) is 5.26 Å². The molecule has 1 heterocycles. The summed E-state index contributed by atoms with van der Waals surface area (Å²) in [5.74, 6) is -0.343. The summed E-state index contributed by atoms with van der Waals surface area (Å²) in [5, 5.41) is 8.99. The number of pyridine rings is 1. The molecule has 1 aromatic heterocycles. The zero-order chi connectivity index (χ0) is 11.5. The molecule has 0 saturated carbocycles. The Morgan fingerprint density at radius 2 is 2.00 bits per heavy atom. The average Bonchev–Trinajstić information content (AvgIpc) is 2.30. The first-order chi connectivity index (χ1) is 7.72. The second-order valence-electron chi connectivity index (χ2n) is 3.46. The highest BCUT2D eigenvalue weighted by Crippen LogP contribution is 2.25. The van der Waals surface area contributed by atoms with Gasteiger partial charge in [-0.05, 0) is 19.1 Å². The molecule has 0 aliphatic carbocycles. The molecular formula is C13H9FN2. The summed E-state index contributed by atoms with van der Waals surface area (Å²) in [6, 6.07) is 10.1. The Morgan fingerprint density at radius 1 is 1.25 bits per heavy atom. The first-order valence-corrected chi connectivity index (χ1v) is 4.84. The average molecular weight is 212 g/mol. The lowest BCUT2D eigenvalue weighted by Gasteiger charge is -2.05. The maximum atomic E-state index is 13.6. The van der Waals surface area contributed by atoms with Gasteiger partial charge in [0.25, 0.3) is 0 Å². The van der Waals surface area contributed by atoms with Gasteiger partial charge in [0, 0.05) is 23.0 Å². The van der Waals surface area contributed by atoms with Crippen molar-refractivity contribution in [1.82, 2.24) is 4.98 Å². The number of halogens is 1. The fourth-order valence-electron chi connectivity index (χ4n) is 1.55. The summed E-state index contributed by atoms with van der Waals surface area (Å²) in [5.41, 5.74) is 2.13. The predicted molar refractivity (Wildman–Crippen MR) is 59.1 cm³/mol. The summed E-state index contributed by atoms with van der Waals surface area (Å²) in [6.07, 6.45) is 1.53. The lowest BCUT2D eigenvalue weighted by atomic mass is 10.0. The highest BCUT2D eigenvalue weighted by atomic mass is 19.1. The van der Waals surface area contributed by atoms with Gasteiger partial charge in [-0.1, -0.05) is 18.2 Å². The number of aromatic nitrogens is 1. The monoisotopic (exact) mass is 212 g/mol. The minimum atomic E-state index is -0.343. The van der Waals surface area contributed by atoms with Crippen molar-refractivity contribution in [3.63, 3.8) is 0 Å². The third-order valence-corrected chi connectivity index (χ3v) is 2.33. The van der Waals surface area contributed by atoms with Gasteiger partial charge in [-0.3, -0.25) is 4.98 Å². The van der Waals surface area contributed by atoms with E-state index in [4.69, 9.17) is 5.26 Å². The van der Waals surface area contributed by atoms with Gasteiger partial charge < -0.3 is 0 Å². The third kappa shape index (κ3) is 1.78. The lowest BCUT2D eigenvalue weighted by Crippen LogP contribution is -1.91. The lowest BCUT2D eigenvalue weighted by molar-refractivity contribution is 0.631. The van der Waals surface area contributed by atoms with E-state index in [2.05, 4.69) is 11.1 Å². The van der Waals surface area contributed by atoms with Crippen LogP contribution in [0.4, 0.5) is 4.39 Å². The van der Waals surface area contributed by atoms with Gasteiger partial charge in [0.15, 0.2) is 0 Å². The number of nitrogens with zero attached hydrogens (tertiary/aromatic N) is 2. The molecule has 78 valence electrons. The first kappa shape index (κ1) is 10.3. The van der Waals surface area contributed by atoms with E-state index in [0.29, 0.717) is 16.7 Å². The molecule has 0 atom stereocenters. The Labute approximate surface area is 93.0 Å². The minimum Gasteiger partial charge on any atom is -0.261 e. The van der Waals surface area contributed by atoms with E-state index >= 15 is 0 Å². The molecule has 16 heavy (non-hydrogen) atoms. The maximum absolute atomic E-state index is 13.6. The topological polar surface area (TPSA) is 36.7 Å². The van der Waals surface area contributed by atoms with Gasteiger partial charge in [0.2, 0.25) is 0 Å². The van der Waals surface area contributed by atoms with Crippen LogP contribution in [-0.2, 0) is 0 Å². The van der Waals surface area contributed by atoms with E-state index in [1.165, 1.54) is 12.3 Å². The van der Waals surface area contributed by atoms with E-state index in [1.54, 1.807) is 31.2 Å². The van der Waals surface area contributed by atoms with Crippen molar-refractivity contribution in [2.24, 2.45) is 0 Å². The van der Waals surface area contributed by atoms with Crippen LogP contribution in [0.3, 0.4) is 0 Å². The van der Waals surface area contributed by atoms with Crippen molar-refractivity contribution in [2.45, 2.75) is 6.92 Å². The molecule has 0 spiro atoms. The molecule has 0 radical (unpaired) electrons. The number of rotatable bonds is 1. The summed E-state index contributed by atoms with van der Waals surface area (Å²) < 4.78 is 13.6. The van der Waals surface area contributed by atoms with Crippen LogP contribution in [-0.4, -0.2) is 4.98 Å². The van der Waals surface area contributed by atoms with Gasteiger partial charge in [0.1, 0.15) is 5.82 Å². The minimum absolute atomic E-state index is 0.343. The van der Waals surface area contributed by atoms with E-state index in [9.17, 15) is 4.39 Å². The number of hydrogen-bond donors (Lipinski definition) is 0. The fourth-order valence-corrected chi connectivity index (χ4v) is 1.55. The van der Waals surface area contributed by atoms with Crippen molar-refractivity contribution in [3.8, 4) is 17.2 Å². The van der Waals surface area contributed by atoms with Crippen LogP contribution < -0.4 is 0 Å². The van der Waals surface area contributed by atoms with Gasteiger partial charge >= 0.3 is 0 Å². The van der Waals surface area contributed by atoms with Gasteiger partial charge in [-0.25, -0.2) is 4.39 Å². The quantitative estimate of drug-likeness (QED) is 0.728. The summed E-state index contributed by atoms with van der Waals surface area (Å²) >= 11 is 0. The molecule has 0 amide bonds. The Bertz CT molecular complexity index is 570. The van der Waals surface area contributed by atoms with Crippen molar-refractivity contribution in [2.75, 3.05) is 0 Å². The molecule has 2 rings (SSSR count). The largest absolute Gasteiger partial charge is 0.261 e. The molecule has 0 fully saturated rings. The Balaban J connectivity index is 2.66. The Kier molecular flexibility index (Phi) is 2.65. The highest BCUT2D eigenvalue weighted by molar-refractivity contribution is 5.70. The molecule has 0 unspecified atom stereocenters. The molecular weight excluding hydrogens is 203 g/mol. The molecule has 0 aliphatic rings. The zero-order valence-corrected chi connectivity index (χ0v) is 8.74. The first-order valence-electron chi connectivity index (χ1n) is 4.84. The van der Waals surface area contributed by atoms with Crippen molar-refractivity contribution < 1.29 is 4.39 Å². The molecule has 0 bridgehead atoms. The van der Waals surface area contributed by atoms with Crippen molar-refractivity contribution >= 4 is 0 Å². The third-order valence-electron chi connectivity index (χ3n) is 2.33. The van der Waals surface area contributed by atoms with E-state index in [-0.39, 0.29) is 5.82 Å². The summed E-state index contributed by atoms with van der Waals surface area (Å²) in [6.45, 7) is 1.80. The van der Waals surface area contributed by atoms with Crippen molar-refractivity contribution in [3.05, 3.63) is 53.6 Å². The van der Waals surface area contributed by atoms with E-state index in [1.807, 2.05) is 0 Å². The molecule has 1 aromatic carbocycles. The maximum Gasteiger partial charge on any atom is 0.131 e. The van der Waals surface area contributed by atoms with Crippen LogP contribution >= 0.6 is 0 Å². The van der Waals surface area contributed by atoms with Gasteiger partial charge in [0.05, 0.1) is 11.6 Å². The number of aryl methyl sites for hydroxylation is 1. The number of nitriles is 1. The van der Waals surface area contributed by atoms with Crippen LogP contribution in [0.5, 0.6) is 0 Å². The van der Waals surface area contributed by atoms with Crippen molar-refractivity contribution in [1.29, 1.82) is 5.26 Å². The summed E-state index contributed by atoms with van der Waals surface area (Å²) in [7, 11) is 0. The molecule has 0 saturated heterocycles. The zero-order valence-electron chi connectivity index (χ0n) is 8.74. The standard InChI is InChI=1S/C13H9FN2/c1-9-6-10(7-15)12(8-16-9)11-4-2-3-5-13(11)14/h2-6,8H,1H3. The Hall–Kier alpha value is -2.21.